The van der Waals surface area contributed by atoms with Gasteiger partial charge >= 0.3 is 5.97 Å². The lowest BCUT2D eigenvalue weighted by molar-refractivity contribution is -0.142. The van der Waals surface area contributed by atoms with Crippen molar-refractivity contribution in [3.05, 3.63) is 35.4 Å². The molecule has 2 aliphatic heterocycles. The van der Waals surface area contributed by atoms with Gasteiger partial charge < -0.3 is 15.3 Å². The summed E-state index contributed by atoms with van der Waals surface area (Å²) in [4.78, 5) is 26.2. The minimum Gasteiger partial charge on any atom is -0.481 e. The molecule has 5 heteroatoms. The largest absolute Gasteiger partial charge is 0.481 e. The van der Waals surface area contributed by atoms with Crippen molar-refractivity contribution in [2.45, 2.75) is 39.0 Å². The van der Waals surface area contributed by atoms with Crippen molar-refractivity contribution in [1.82, 2.24) is 10.2 Å². The van der Waals surface area contributed by atoms with E-state index < -0.39 is 11.9 Å². The molecule has 0 unspecified atom stereocenters. The first kappa shape index (κ1) is 18.9. The Bertz CT molecular complexity index is 640. The Hall–Kier alpha value is -1.88. The molecule has 0 aromatic heterocycles. The fraction of sp³-hybridized carbons (Fsp3) is 0.619. The zero-order valence-corrected chi connectivity index (χ0v) is 15.6. The Morgan fingerprint density at radius 2 is 2.00 bits per heavy atom. The van der Waals surface area contributed by atoms with E-state index >= 15 is 0 Å². The average molecular weight is 358 g/mol. The van der Waals surface area contributed by atoms with Gasteiger partial charge in [-0.3, -0.25) is 9.59 Å². The molecule has 0 aliphatic carbocycles. The standard InChI is InChI=1S/C21H30N2O3/c1-2-4-18-13-23(14-19(18)21(25)26)20(24)17-6-3-5-16(12-17)11-15-7-9-22-10-8-15/h3,5-6,12,15,18-19,22H,2,4,7-11,13-14H2,1H3,(H,25,26)/t18-,19-/m1/s1. The second-order valence-electron chi connectivity index (χ2n) is 7.80. The number of likely N-dealkylation sites (tertiary alicyclic amines) is 1. The summed E-state index contributed by atoms with van der Waals surface area (Å²) in [5.74, 6) is -0.490. The molecule has 142 valence electrons. The number of hydrogen-bond acceptors (Lipinski definition) is 3. The zero-order valence-electron chi connectivity index (χ0n) is 15.6. The maximum absolute atomic E-state index is 12.9. The van der Waals surface area contributed by atoms with Crippen molar-refractivity contribution < 1.29 is 14.7 Å². The molecule has 5 nitrogen and oxygen atoms in total. The second kappa shape index (κ2) is 8.67. The van der Waals surface area contributed by atoms with E-state index in [0.29, 0.717) is 24.6 Å². The number of carboxylic acid groups (broad SMARTS) is 1. The van der Waals surface area contributed by atoms with Gasteiger partial charge in [0, 0.05) is 18.7 Å². The van der Waals surface area contributed by atoms with Crippen molar-refractivity contribution in [3.8, 4) is 0 Å². The summed E-state index contributed by atoms with van der Waals surface area (Å²) >= 11 is 0. The van der Waals surface area contributed by atoms with Crippen LogP contribution in [0.25, 0.3) is 0 Å². The molecule has 0 radical (unpaired) electrons. The molecule has 2 saturated heterocycles. The minimum absolute atomic E-state index is 0.0259. The summed E-state index contributed by atoms with van der Waals surface area (Å²) in [6.45, 7) is 5.10. The molecule has 1 aromatic rings. The lowest BCUT2D eigenvalue weighted by Crippen LogP contribution is -2.30. The quantitative estimate of drug-likeness (QED) is 0.820. The molecule has 26 heavy (non-hydrogen) atoms. The third kappa shape index (κ3) is 4.44. The number of carboxylic acids is 1. The van der Waals surface area contributed by atoms with Gasteiger partial charge in [0.05, 0.1) is 5.92 Å². The first-order valence-corrected chi connectivity index (χ1v) is 9.90. The van der Waals surface area contributed by atoms with Gasteiger partial charge in [0.2, 0.25) is 0 Å². The highest BCUT2D eigenvalue weighted by Crippen LogP contribution is 2.29. The Balaban J connectivity index is 1.67. The summed E-state index contributed by atoms with van der Waals surface area (Å²) in [5, 5.41) is 12.8. The van der Waals surface area contributed by atoms with Gasteiger partial charge in [-0.2, -0.15) is 0 Å². The molecule has 2 fully saturated rings. The molecule has 0 saturated carbocycles. The van der Waals surface area contributed by atoms with Crippen LogP contribution in [0.3, 0.4) is 0 Å². The average Bonchev–Trinajstić information content (AvgIpc) is 3.07. The molecular weight excluding hydrogens is 328 g/mol. The number of amides is 1. The van der Waals surface area contributed by atoms with Gasteiger partial charge in [-0.05, 0) is 68.3 Å². The van der Waals surface area contributed by atoms with Crippen molar-refractivity contribution in [1.29, 1.82) is 0 Å². The zero-order chi connectivity index (χ0) is 18.5. The van der Waals surface area contributed by atoms with Crippen LogP contribution in [0.2, 0.25) is 0 Å². The molecule has 1 amide bonds. The van der Waals surface area contributed by atoms with Crippen LogP contribution in [0, 0.1) is 17.8 Å². The number of nitrogens with zero attached hydrogens (tertiary/aromatic N) is 1. The SMILES string of the molecule is CCC[C@@H]1CN(C(=O)c2cccc(CC3CCNCC3)c2)C[C@H]1C(=O)O. The number of rotatable bonds is 6. The van der Waals surface area contributed by atoms with Gasteiger partial charge in [-0.15, -0.1) is 0 Å². The van der Waals surface area contributed by atoms with E-state index in [4.69, 9.17) is 0 Å². The summed E-state index contributed by atoms with van der Waals surface area (Å²) in [5.41, 5.74) is 1.90. The van der Waals surface area contributed by atoms with E-state index in [1.54, 1.807) is 4.90 Å². The van der Waals surface area contributed by atoms with Gasteiger partial charge in [0.1, 0.15) is 0 Å². The molecule has 2 heterocycles. The fourth-order valence-corrected chi connectivity index (χ4v) is 4.41. The highest BCUT2D eigenvalue weighted by molar-refractivity contribution is 5.95. The van der Waals surface area contributed by atoms with Crippen LogP contribution < -0.4 is 5.32 Å². The van der Waals surface area contributed by atoms with E-state index in [1.165, 1.54) is 18.4 Å². The first-order chi connectivity index (χ1) is 12.6. The molecular formula is C21H30N2O3. The van der Waals surface area contributed by atoms with Gasteiger partial charge in [0.15, 0.2) is 0 Å². The second-order valence-corrected chi connectivity index (χ2v) is 7.80. The third-order valence-electron chi connectivity index (χ3n) is 5.86. The summed E-state index contributed by atoms with van der Waals surface area (Å²) in [6.07, 6.45) is 5.18. The van der Waals surface area contributed by atoms with Crippen LogP contribution in [0.1, 0.15) is 48.5 Å². The van der Waals surface area contributed by atoms with Crippen molar-refractivity contribution >= 4 is 11.9 Å². The number of nitrogens with one attached hydrogen (secondary N) is 1. The Morgan fingerprint density at radius 3 is 2.69 bits per heavy atom. The van der Waals surface area contributed by atoms with Crippen LogP contribution in [0.4, 0.5) is 0 Å². The predicted octanol–water partition coefficient (Wildman–Crippen LogP) is 2.80. The van der Waals surface area contributed by atoms with Crippen LogP contribution in [0.5, 0.6) is 0 Å². The predicted molar refractivity (Wildman–Crippen MR) is 101 cm³/mol. The lowest BCUT2D eigenvalue weighted by Gasteiger charge is -2.23. The number of hydrogen-bond donors (Lipinski definition) is 2. The Labute approximate surface area is 155 Å². The van der Waals surface area contributed by atoms with Gasteiger partial charge in [-0.1, -0.05) is 25.5 Å². The smallest absolute Gasteiger partial charge is 0.308 e. The molecule has 0 bridgehead atoms. The molecule has 2 N–H and O–H groups in total. The minimum atomic E-state index is -0.779. The van der Waals surface area contributed by atoms with Crippen molar-refractivity contribution in [2.75, 3.05) is 26.2 Å². The van der Waals surface area contributed by atoms with Gasteiger partial charge in [0.25, 0.3) is 5.91 Å². The normalized spacial score (nSPS) is 24.0. The lowest BCUT2D eigenvalue weighted by atomic mass is 9.90. The summed E-state index contributed by atoms with van der Waals surface area (Å²) in [6, 6.07) is 7.92. The molecule has 0 spiro atoms. The van der Waals surface area contributed by atoms with Crippen molar-refractivity contribution in [3.63, 3.8) is 0 Å². The molecule has 3 rings (SSSR count). The molecule has 2 atom stereocenters. The van der Waals surface area contributed by atoms with Crippen LogP contribution in [0.15, 0.2) is 24.3 Å². The highest BCUT2D eigenvalue weighted by Gasteiger charge is 2.39. The molecule has 2 aliphatic rings. The third-order valence-corrected chi connectivity index (χ3v) is 5.86. The van der Waals surface area contributed by atoms with E-state index in [1.807, 2.05) is 18.2 Å². The summed E-state index contributed by atoms with van der Waals surface area (Å²) < 4.78 is 0. The van der Waals surface area contributed by atoms with Crippen LogP contribution in [-0.2, 0) is 11.2 Å². The topological polar surface area (TPSA) is 69.6 Å². The monoisotopic (exact) mass is 358 g/mol. The number of piperidine rings is 1. The van der Waals surface area contributed by atoms with Crippen LogP contribution in [-0.4, -0.2) is 48.1 Å². The maximum Gasteiger partial charge on any atom is 0.308 e. The van der Waals surface area contributed by atoms with Crippen molar-refractivity contribution in [2.24, 2.45) is 17.8 Å². The summed E-state index contributed by atoms with van der Waals surface area (Å²) in [7, 11) is 0. The van der Waals surface area contributed by atoms with E-state index in [0.717, 1.165) is 32.4 Å². The number of carbonyl (C=O) groups excluding carboxylic acids is 1. The highest BCUT2D eigenvalue weighted by atomic mass is 16.4. The number of benzene rings is 1. The maximum atomic E-state index is 12.9. The van der Waals surface area contributed by atoms with E-state index in [2.05, 4.69) is 18.3 Å². The first-order valence-electron chi connectivity index (χ1n) is 9.90. The van der Waals surface area contributed by atoms with E-state index in [-0.39, 0.29) is 11.8 Å². The Morgan fingerprint density at radius 1 is 1.23 bits per heavy atom. The Kier molecular flexibility index (Phi) is 6.30. The number of aliphatic carboxylic acids is 1. The van der Waals surface area contributed by atoms with E-state index in [9.17, 15) is 14.7 Å². The molecule has 1 aromatic carbocycles. The number of carbonyl (C=O) groups is 2. The fourth-order valence-electron chi connectivity index (χ4n) is 4.41. The van der Waals surface area contributed by atoms with Gasteiger partial charge in [-0.25, -0.2) is 0 Å². The van der Waals surface area contributed by atoms with Crippen LogP contribution >= 0.6 is 0 Å².